The molecule has 0 spiro atoms. The molecule has 4 amide bonds. The predicted molar refractivity (Wildman–Crippen MR) is 186 cm³/mol. The number of hydrogen-bond acceptors (Lipinski definition) is 2. The SMILES string of the molecule is O=C(Nc1cccc2c(NC(=O)N(Cc3ccccc3)Cc3ccccc3)cccc12)N(Cc1ccccc1)Cc1ccccc1. The van der Waals surface area contributed by atoms with Crippen molar-refractivity contribution in [1.82, 2.24) is 9.80 Å². The lowest BCUT2D eigenvalue weighted by molar-refractivity contribution is 0.206. The Morgan fingerprint density at radius 2 is 0.652 bits per heavy atom. The predicted octanol–water partition coefficient (Wildman–Crippen LogP) is 9.31. The van der Waals surface area contributed by atoms with Gasteiger partial charge in [0.25, 0.3) is 0 Å². The molecular weight excluding hydrogens is 568 g/mol. The zero-order chi connectivity index (χ0) is 31.6. The number of nitrogens with one attached hydrogen (secondary N) is 2. The van der Waals surface area contributed by atoms with Crippen LogP contribution in [0.4, 0.5) is 21.0 Å². The van der Waals surface area contributed by atoms with E-state index in [2.05, 4.69) is 10.6 Å². The largest absolute Gasteiger partial charge is 0.322 e. The molecule has 0 fully saturated rings. The van der Waals surface area contributed by atoms with Crippen molar-refractivity contribution >= 4 is 34.2 Å². The number of rotatable bonds is 10. The van der Waals surface area contributed by atoms with Crippen LogP contribution in [0.3, 0.4) is 0 Å². The van der Waals surface area contributed by atoms with Crippen LogP contribution in [-0.4, -0.2) is 21.9 Å². The van der Waals surface area contributed by atoms with Crippen molar-refractivity contribution < 1.29 is 9.59 Å². The van der Waals surface area contributed by atoms with Gasteiger partial charge in [0, 0.05) is 37.0 Å². The zero-order valence-electron chi connectivity index (χ0n) is 25.6. The molecule has 0 aliphatic heterocycles. The van der Waals surface area contributed by atoms with E-state index < -0.39 is 0 Å². The van der Waals surface area contributed by atoms with Gasteiger partial charge in [0.15, 0.2) is 0 Å². The number of benzene rings is 6. The molecule has 0 saturated heterocycles. The van der Waals surface area contributed by atoms with Gasteiger partial charge < -0.3 is 20.4 Å². The number of nitrogens with zero attached hydrogens (tertiary/aromatic N) is 2. The molecule has 6 aromatic rings. The van der Waals surface area contributed by atoms with Crippen LogP contribution < -0.4 is 10.6 Å². The average Bonchev–Trinajstić information content (AvgIpc) is 3.10. The van der Waals surface area contributed by atoms with E-state index in [0.29, 0.717) is 37.6 Å². The van der Waals surface area contributed by atoms with E-state index in [1.165, 1.54) is 0 Å². The van der Waals surface area contributed by atoms with E-state index in [4.69, 9.17) is 0 Å². The minimum atomic E-state index is -0.202. The summed E-state index contributed by atoms with van der Waals surface area (Å²) >= 11 is 0. The molecule has 0 heterocycles. The van der Waals surface area contributed by atoms with Gasteiger partial charge in [-0.05, 0) is 34.4 Å². The molecule has 46 heavy (non-hydrogen) atoms. The summed E-state index contributed by atoms with van der Waals surface area (Å²) in [6.07, 6.45) is 0. The van der Waals surface area contributed by atoms with Gasteiger partial charge in [-0.2, -0.15) is 0 Å². The minimum absolute atomic E-state index is 0.202. The van der Waals surface area contributed by atoms with E-state index in [-0.39, 0.29) is 12.1 Å². The average molecular weight is 605 g/mol. The van der Waals surface area contributed by atoms with Crippen molar-refractivity contribution in [3.63, 3.8) is 0 Å². The number of anilines is 2. The van der Waals surface area contributed by atoms with Crippen LogP contribution in [-0.2, 0) is 26.2 Å². The maximum absolute atomic E-state index is 13.8. The maximum atomic E-state index is 13.8. The fourth-order valence-corrected chi connectivity index (χ4v) is 5.53. The van der Waals surface area contributed by atoms with E-state index >= 15 is 0 Å². The Kier molecular flexibility index (Phi) is 9.66. The number of fused-ring (bicyclic) bond motifs is 1. The third kappa shape index (κ3) is 7.79. The second-order valence-electron chi connectivity index (χ2n) is 11.2. The fraction of sp³-hybridized carbons (Fsp3) is 0.100. The summed E-state index contributed by atoms with van der Waals surface area (Å²) in [5.41, 5.74) is 5.54. The van der Waals surface area contributed by atoms with Crippen LogP contribution in [0.1, 0.15) is 22.3 Å². The molecule has 0 aromatic heterocycles. The topological polar surface area (TPSA) is 64.7 Å². The molecule has 6 aromatic carbocycles. The Labute approximate surface area is 269 Å². The van der Waals surface area contributed by atoms with Crippen molar-refractivity contribution in [2.45, 2.75) is 26.2 Å². The Bertz CT molecular complexity index is 1660. The van der Waals surface area contributed by atoms with E-state index in [1.54, 1.807) is 9.80 Å². The first-order valence-corrected chi connectivity index (χ1v) is 15.4. The Balaban J connectivity index is 1.24. The highest BCUT2D eigenvalue weighted by atomic mass is 16.2. The second kappa shape index (κ2) is 14.7. The zero-order valence-corrected chi connectivity index (χ0v) is 25.6. The van der Waals surface area contributed by atoms with Gasteiger partial charge in [-0.3, -0.25) is 0 Å². The summed E-state index contributed by atoms with van der Waals surface area (Å²) in [5, 5.41) is 7.99. The maximum Gasteiger partial charge on any atom is 0.322 e. The molecule has 6 nitrogen and oxygen atoms in total. The molecule has 2 N–H and O–H groups in total. The second-order valence-corrected chi connectivity index (χ2v) is 11.2. The molecule has 0 aliphatic carbocycles. The van der Waals surface area contributed by atoms with Gasteiger partial charge in [-0.15, -0.1) is 0 Å². The summed E-state index contributed by atoms with van der Waals surface area (Å²) in [5.74, 6) is 0. The van der Waals surface area contributed by atoms with E-state index in [1.807, 2.05) is 158 Å². The molecule has 0 atom stereocenters. The van der Waals surface area contributed by atoms with Gasteiger partial charge in [0.1, 0.15) is 0 Å². The van der Waals surface area contributed by atoms with Crippen molar-refractivity contribution in [2.75, 3.05) is 10.6 Å². The van der Waals surface area contributed by atoms with Gasteiger partial charge in [-0.25, -0.2) is 9.59 Å². The Morgan fingerprint density at radius 3 is 0.935 bits per heavy atom. The molecular formula is C40H36N4O2. The highest BCUT2D eigenvalue weighted by molar-refractivity contribution is 6.08. The van der Waals surface area contributed by atoms with Gasteiger partial charge in [0.2, 0.25) is 0 Å². The van der Waals surface area contributed by atoms with Crippen LogP contribution in [0.15, 0.2) is 158 Å². The monoisotopic (exact) mass is 604 g/mol. The summed E-state index contributed by atoms with van der Waals surface area (Å²) in [4.78, 5) is 31.2. The summed E-state index contributed by atoms with van der Waals surface area (Å²) in [6, 6.07) is 51.1. The summed E-state index contributed by atoms with van der Waals surface area (Å²) in [7, 11) is 0. The van der Waals surface area contributed by atoms with Crippen LogP contribution in [0, 0.1) is 0 Å². The Hall–Kier alpha value is -5.88. The molecule has 6 heteroatoms. The molecule has 6 rings (SSSR count). The fourth-order valence-electron chi connectivity index (χ4n) is 5.53. The molecule has 0 aliphatic rings. The standard InChI is InChI=1S/C40H36N4O2/c45-39(43(27-31-15-5-1-6-16-31)28-32-17-7-2-8-18-32)41-37-25-13-24-36-35(37)23-14-26-38(36)42-40(46)44(29-33-19-9-3-10-20-33)30-34-21-11-4-12-22-34/h1-26H,27-30H2,(H,41,45)(H,42,46). The van der Waals surface area contributed by atoms with Gasteiger partial charge in [-0.1, -0.05) is 146 Å². The first kappa shape index (κ1) is 30.2. The number of carbonyl (C=O) groups is 2. The van der Waals surface area contributed by atoms with Gasteiger partial charge in [0.05, 0.1) is 11.4 Å². The van der Waals surface area contributed by atoms with E-state index in [0.717, 1.165) is 33.0 Å². The highest BCUT2D eigenvalue weighted by Crippen LogP contribution is 2.30. The summed E-state index contributed by atoms with van der Waals surface area (Å²) in [6.45, 7) is 1.86. The van der Waals surface area contributed by atoms with Crippen LogP contribution in [0.2, 0.25) is 0 Å². The smallest absolute Gasteiger partial charge is 0.316 e. The van der Waals surface area contributed by atoms with Crippen LogP contribution >= 0.6 is 0 Å². The summed E-state index contributed by atoms with van der Waals surface area (Å²) < 4.78 is 0. The van der Waals surface area contributed by atoms with Crippen molar-refractivity contribution in [2.24, 2.45) is 0 Å². The lowest BCUT2D eigenvalue weighted by atomic mass is 10.1. The van der Waals surface area contributed by atoms with E-state index in [9.17, 15) is 9.59 Å². The first-order chi connectivity index (χ1) is 22.6. The van der Waals surface area contributed by atoms with Crippen LogP contribution in [0.25, 0.3) is 10.8 Å². The molecule has 0 radical (unpaired) electrons. The van der Waals surface area contributed by atoms with Crippen molar-refractivity contribution in [3.05, 3.63) is 180 Å². The number of amides is 4. The van der Waals surface area contributed by atoms with Crippen LogP contribution in [0.5, 0.6) is 0 Å². The first-order valence-electron chi connectivity index (χ1n) is 15.4. The minimum Gasteiger partial charge on any atom is -0.316 e. The normalized spacial score (nSPS) is 10.7. The van der Waals surface area contributed by atoms with Crippen molar-refractivity contribution in [1.29, 1.82) is 0 Å². The quantitative estimate of drug-likeness (QED) is 0.164. The lowest BCUT2D eigenvalue weighted by Gasteiger charge is -2.25. The number of hydrogen-bond donors (Lipinski definition) is 2. The van der Waals surface area contributed by atoms with Gasteiger partial charge >= 0.3 is 12.1 Å². The molecule has 0 saturated carbocycles. The third-order valence-corrected chi connectivity index (χ3v) is 7.84. The third-order valence-electron chi connectivity index (χ3n) is 7.84. The molecule has 0 unspecified atom stereocenters. The highest BCUT2D eigenvalue weighted by Gasteiger charge is 2.19. The molecule has 228 valence electrons. The number of urea groups is 2. The van der Waals surface area contributed by atoms with Crippen molar-refractivity contribution in [3.8, 4) is 0 Å². The lowest BCUT2D eigenvalue weighted by Crippen LogP contribution is -2.34. The Morgan fingerprint density at radius 1 is 0.370 bits per heavy atom. The number of carbonyl (C=O) groups excluding carboxylic acids is 2. The molecule has 0 bridgehead atoms.